The third-order valence-electron chi connectivity index (χ3n) is 3.23. The van der Waals surface area contributed by atoms with Gasteiger partial charge in [-0.05, 0) is 26.9 Å². The molecule has 0 aromatic carbocycles. The van der Waals surface area contributed by atoms with E-state index in [0.717, 1.165) is 19.5 Å². The number of likely N-dealkylation sites (tertiary alicyclic amines) is 1. The van der Waals surface area contributed by atoms with Gasteiger partial charge in [0, 0.05) is 11.9 Å². The van der Waals surface area contributed by atoms with Crippen LogP contribution in [0, 0.1) is 5.92 Å². The fraction of sp³-hybridized carbons (Fsp3) is 0.583. The van der Waals surface area contributed by atoms with Crippen LogP contribution in [0.2, 0.25) is 0 Å². The van der Waals surface area contributed by atoms with E-state index in [1.165, 1.54) is 16.7 Å². The van der Waals surface area contributed by atoms with E-state index in [1.807, 2.05) is 14.0 Å². The third-order valence-corrected chi connectivity index (χ3v) is 4.26. The molecule has 0 radical (unpaired) electrons. The van der Waals surface area contributed by atoms with Gasteiger partial charge in [0.15, 0.2) is 5.69 Å². The van der Waals surface area contributed by atoms with Crippen molar-refractivity contribution >= 4 is 23.2 Å². The zero-order valence-electron chi connectivity index (χ0n) is 10.9. The number of carboxylic acids is 1. The van der Waals surface area contributed by atoms with Crippen molar-refractivity contribution in [3.05, 3.63) is 16.1 Å². The Kier molecular flexibility index (Phi) is 4.16. The van der Waals surface area contributed by atoms with Gasteiger partial charge in [0.05, 0.1) is 12.0 Å². The molecule has 1 aliphatic rings. The maximum Gasteiger partial charge on any atom is 0.355 e. The minimum absolute atomic E-state index is 0.0175. The summed E-state index contributed by atoms with van der Waals surface area (Å²) in [4.78, 5) is 28.9. The van der Waals surface area contributed by atoms with Gasteiger partial charge in [0.2, 0.25) is 5.91 Å². The lowest BCUT2D eigenvalue weighted by molar-refractivity contribution is -0.125. The molecule has 2 heterocycles. The Bertz CT molecular complexity index is 488. The molecule has 2 atom stereocenters. The van der Waals surface area contributed by atoms with Gasteiger partial charge in [-0.2, -0.15) is 0 Å². The molecule has 0 saturated carbocycles. The minimum Gasteiger partial charge on any atom is -0.476 e. The highest BCUT2D eigenvalue weighted by Crippen LogP contribution is 2.20. The lowest BCUT2D eigenvalue weighted by atomic mass is 10.1. The van der Waals surface area contributed by atoms with Gasteiger partial charge in [-0.3, -0.25) is 4.79 Å². The van der Waals surface area contributed by atoms with Gasteiger partial charge in [0.25, 0.3) is 0 Å². The standard InChI is InChI=1S/C12H17N3O3S/c1-7(11-14-9(6-19-11)12(17)18)13-10(16)8-3-4-15(2)5-8/h6-8H,3-5H2,1-2H3,(H,13,16)(H,17,18). The van der Waals surface area contributed by atoms with Crippen molar-refractivity contribution in [3.63, 3.8) is 0 Å². The van der Waals surface area contributed by atoms with Crippen molar-refractivity contribution in [1.82, 2.24) is 15.2 Å². The number of aromatic nitrogens is 1. The highest BCUT2D eigenvalue weighted by Gasteiger charge is 2.27. The van der Waals surface area contributed by atoms with Crippen molar-refractivity contribution in [2.45, 2.75) is 19.4 Å². The Morgan fingerprint density at radius 3 is 2.89 bits per heavy atom. The molecule has 2 N–H and O–H groups in total. The number of nitrogens with one attached hydrogen (secondary N) is 1. The number of hydrogen-bond donors (Lipinski definition) is 2. The van der Waals surface area contributed by atoms with Crippen LogP contribution < -0.4 is 5.32 Å². The van der Waals surface area contributed by atoms with E-state index in [9.17, 15) is 9.59 Å². The van der Waals surface area contributed by atoms with Gasteiger partial charge in [0.1, 0.15) is 5.01 Å². The Balaban J connectivity index is 1.94. The molecular formula is C12H17N3O3S. The first kappa shape index (κ1) is 14.0. The number of amides is 1. The summed E-state index contributed by atoms with van der Waals surface area (Å²) in [6.07, 6.45) is 0.868. The van der Waals surface area contributed by atoms with Crippen LogP contribution in [-0.4, -0.2) is 47.0 Å². The molecule has 1 fully saturated rings. The van der Waals surface area contributed by atoms with Crippen LogP contribution in [0.4, 0.5) is 0 Å². The van der Waals surface area contributed by atoms with Crippen molar-refractivity contribution in [2.24, 2.45) is 5.92 Å². The zero-order valence-corrected chi connectivity index (χ0v) is 11.7. The van der Waals surface area contributed by atoms with Crippen LogP contribution in [0.5, 0.6) is 0 Å². The number of carbonyl (C=O) groups excluding carboxylic acids is 1. The van der Waals surface area contributed by atoms with Crippen molar-refractivity contribution in [1.29, 1.82) is 0 Å². The number of aromatic carboxylic acids is 1. The average molecular weight is 283 g/mol. The zero-order chi connectivity index (χ0) is 14.0. The highest BCUT2D eigenvalue weighted by atomic mass is 32.1. The summed E-state index contributed by atoms with van der Waals surface area (Å²) in [6.45, 7) is 3.53. The summed E-state index contributed by atoms with van der Waals surface area (Å²) >= 11 is 1.25. The summed E-state index contributed by atoms with van der Waals surface area (Å²) in [6, 6.07) is -0.253. The summed E-state index contributed by atoms with van der Waals surface area (Å²) < 4.78 is 0. The molecule has 1 saturated heterocycles. The van der Waals surface area contributed by atoms with Crippen LogP contribution in [0.1, 0.15) is 34.9 Å². The maximum atomic E-state index is 12.0. The van der Waals surface area contributed by atoms with Gasteiger partial charge >= 0.3 is 5.97 Å². The molecule has 2 rings (SSSR count). The predicted octanol–water partition coefficient (Wildman–Crippen LogP) is 0.970. The minimum atomic E-state index is -1.04. The fourth-order valence-electron chi connectivity index (χ4n) is 2.13. The second-order valence-corrected chi connectivity index (χ2v) is 5.74. The number of rotatable bonds is 4. The average Bonchev–Trinajstić information content (AvgIpc) is 2.96. The first-order valence-corrected chi connectivity index (χ1v) is 7.03. The molecule has 104 valence electrons. The molecular weight excluding hydrogens is 266 g/mol. The Labute approximate surface area is 115 Å². The number of thiazole rings is 1. The maximum absolute atomic E-state index is 12.0. The lowest BCUT2D eigenvalue weighted by Crippen LogP contribution is -2.34. The Morgan fingerprint density at radius 1 is 1.63 bits per heavy atom. The monoisotopic (exact) mass is 283 g/mol. The summed E-state index contributed by atoms with van der Waals surface area (Å²) in [5.41, 5.74) is 0.0294. The van der Waals surface area contributed by atoms with Gasteiger partial charge in [-0.25, -0.2) is 9.78 Å². The van der Waals surface area contributed by atoms with Crippen LogP contribution in [0.3, 0.4) is 0 Å². The molecule has 6 nitrogen and oxygen atoms in total. The number of hydrogen-bond acceptors (Lipinski definition) is 5. The first-order chi connectivity index (χ1) is 8.97. The molecule has 0 bridgehead atoms. The van der Waals surface area contributed by atoms with Gasteiger partial charge in [-0.1, -0.05) is 0 Å². The van der Waals surface area contributed by atoms with E-state index in [0.29, 0.717) is 5.01 Å². The number of carbonyl (C=O) groups is 2. The molecule has 2 unspecified atom stereocenters. The van der Waals surface area contributed by atoms with Crippen molar-refractivity contribution < 1.29 is 14.7 Å². The largest absolute Gasteiger partial charge is 0.476 e. The van der Waals surface area contributed by atoms with Crippen LogP contribution in [-0.2, 0) is 4.79 Å². The molecule has 1 aromatic rings. The van der Waals surface area contributed by atoms with Crippen LogP contribution in [0.15, 0.2) is 5.38 Å². The summed E-state index contributed by atoms with van der Waals surface area (Å²) in [5.74, 6) is -1.01. The molecule has 1 amide bonds. The highest BCUT2D eigenvalue weighted by molar-refractivity contribution is 7.09. The fourth-order valence-corrected chi connectivity index (χ4v) is 2.93. The summed E-state index contributed by atoms with van der Waals surface area (Å²) in [7, 11) is 2.00. The normalized spacial score (nSPS) is 21.3. The molecule has 19 heavy (non-hydrogen) atoms. The van der Waals surface area contributed by atoms with E-state index in [4.69, 9.17) is 5.11 Å². The van der Waals surface area contributed by atoms with E-state index in [1.54, 1.807) is 0 Å². The second kappa shape index (κ2) is 5.66. The molecule has 1 aliphatic heterocycles. The molecule has 0 spiro atoms. The van der Waals surface area contributed by atoms with Gasteiger partial charge < -0.3 is 15.3 Å². The van der Waals surface area contributed by atoms with E-state index < -0.39 is 5.97 Å². The predicted molar refractivity (Wildman–Crippen MR) is 71.2 cm³/mol. The second-order valence-electron chi connectivity index (χ2n) is 4.85. The topological polar surface area (TPSA) is 82.5 Å². The van der Waals surface area contributed by atoms with Crippen LogP contribution >= 0.6 is 11.3 Å². The van der Waals surface area contributed by atoms with Gasteiger partial charge in [-0.15, -0.1) is 11.3 Å². The molecule has 0 aliphatic carbocycles. The summed E-state index contributed by atoms with van der Waals surface area (Å²) in [5, 5.41) is 13.8. The van der Waals surface area contributed by atoms with Crippen molar-refractivity contribution in [2.75, 3.05) is 20.1 Å². The first-order valence-electron chi connectivity index (χ1n) is 6.15. The van der Waals surface area contributed by atoms with Crippen LogP contribution in [0.25, 0.3) is 0 Å². The lowest BCUT2D eigenvalue weighted by Gasteiger charge is -2.15. The third kappa shape index (κ3) is 3.30. The van der Waals surface area contributed by atoms with E-state index in [-0.39, 0.29) is 23.6 Å². The quantitative estimate of drug-likeness (QED) is 0.860. The molecule has 1 aromatic heterocycles. The van der Waals surface area contributed by atoms with E-state index >= 15 is 0 Å². The number of nitrogens with zero attached hydrogens (tertiary/aromatic N) is 2. The Morgan fingerprint density at radius 2 is 2.37 bits per heavy atom. The number of carboxylic acid groups (broad SMARTS) is 1. The smallest absolute Gasteiger partial charge is 0.355 e. The Hall–Kier alpha value is -1.47. The molecule has 7 heteroatoms. The SMILES string of the molecule is CC(NC(=O)C1CCN(C)C1)c1nc(C(=O)O)cs1. The van der Waals surface area contributed by atoms with E-state index in [2.05, 4.69) is 15.2 Å². The van der Waals surface area contributed by atoms with Crippen molar-refractivity contribution in [3.8, 4) is 0 Å².